The maximum Gasteiger partial charge on any atom is 0.416 e. The lowest BCUT2D eigenvalue weighted by Gasteiger charge is -2.15. The average molecular weight is 499 g/mol. The van der Waals surface area contributed by atoms with Crippen molar-refractivity contribution in [1.82, 2.24) is 9.62 Å². The van der Waals surface area contributed by atoms with Gasteiger partial charge in [-0.3, -0.25) is 9.69 Å². The smallest absolute Gasteiger partial charge is 0.288 e. The van der Waals surface area contributed by atoms with E-state index in [1.54, 1.807) is 18.2 Å². The summed E-state index contributed by atoms with van der Waals surface area (Å²) in [5.41, 5.74) is 0.132. The van der Waals surface area contributed by atoms with Crippen molar-refractivity contribution in [2.75, 3.05) is 0 Å². The molecule has 0 unspecified atom stereocenters. The van der Waals surface area contributed by atoms with Crippen LogP contribution >= 0.6 is 24.0 Å². The number of sulfonamides is 1. The molecule has 4 rings (SSSR count). The molecule has 5 nitrogen and oxygen atoms in total. The van der Waals surface area contributed by atoms with Gasteiger partial charge in [-0.2, -0.15) is 13.2 Å². The number of carbonyl (C=O) groups is 1. The van der Waals surface area contributed by atoms with Crippen molar-refractivity contribution in [3.05, 3.63) is 70.1 Å². The van der Waals surface area contributed by atoms with Gasteiger partial charge in [-0.05, 0) is 54.3 Å². The monoisotopic (exact) mass is 498 g/mol. The van der Waals surface area contributed by atoms with Crippen molar-refractivity contribution in [3.63, 3.8) is 0 Å². The van der Waals surface area contributed by atoms with Crippen molar-refractivity contribution in [3.8, 4) is 0 Å². The summed E-state index contributed by atoms with van der Waals surface area (Å²) >= 11 is 6.30. The largest absolute Gasteiger partial charge is 0.416 e. The SMILES string of the molecule is O=C1/C(=C/c2ccc(S(=O)(=O)NC3CC3)cc2)SC(=S)N1Cc1cccc(C(F)(F)F)c1. The number of carbonyl (C=O) groups excluding carboxylic acids is 1. The molecule has 2 aromatic rings. The van der Waals surface area contributed by atoms with Crippen LogP contribution < -0.4 is 4.72 Å². The fraction of sp³-hybridized carbons (Fsp3) is 0.238. The quantitative estimate of drug-likeness (QED) is 0.468. The molecule has 0 bridgehead atoms. The Labute approximate surface area is 192 Å². The summed E-state index contributed by atoms with van der Waals surface area (Å²) in [6, 6.07) is 10.8. The van der Waals surface area contributed by atoms with Gasteiger partial charge in [0.25, 0.3) is 5.91 Å². The number of benzene rings is 2. The van der Waals surface area contributed by atoms with Gasteiger partial charge >= 0.3 is 6.18 Å². The highest BCUT2D eigenvalue weighted by atomic mass is 32.2. The zero-order valence-electron chi connectivity index (χ0n) is 16.4. The minimum absolute atomic E-state index is 0.00174. The summed E-state index contributed by atoms with van der Waals surface area (Å²) < 4.78 is 66.2. The summed E-state index contributed by atoms with van der Waals surface area (Å²) in [6.07, 6.45) is -1.23. The van der Waals surface area contributed by atoms with Gasteiger partial charge in [-0.15, -0.1) is 0 Å². The molecule has 1 aliphatic heterocycles. The second-order valence-corrected chi connectivity index (χ2v) is 10.8. The fourth-order valence-corrected chi connectivity index (χ4v) is 5.61. The van der Waals surface area contributed by atoms with Crippen LogP contribution in [0.15, 0.2) is 58.3 Å². The molecule has 168 valence electrons. The molecule has 1 N–H and O–H groups in total. The molecule has 0 spiro atoms. The van der Waals surface area contributed by atoms with Crippen LogP contribution in [0, 0.1) is 0 Å². The van der Waals surface area contributed by atoms with E-state index < -0.39 is 27.7 Å². The Hall–Kier alpha value is -2.21. The van der Waals surface area contributed by atoms with Gasteiger partial charge in [0, 0.05) is 6.04 Å². The van der Waals surface area contributed by atoms with Crippen LogP contribution in [0.1, 0.15) is 29.5 Å². The van der Waals surface area contributed by atoms with E-state index in [-0.39, 0.29) is 21.8 Å². The third-order valence-corrected chi connectivity index (χ3v) is 7.77. The van der Waals surface area contributed by atoms with E-state index in [1.165, 1.54) is 29.2 Å². The van der Waals surface area contributed by atoms with E-state index in [4.69, 9.17) is 12.2 Å². The molecule has 1 aliphatic carbocycles. The number of nitrogens with one attached hydrogen (secondary N) is 1. The Kier molecular flexibility index (Phi) is 6.19. The number of thiocarbonyl (C=S) groups is 1. The number of halogens is 3. The van der Waals surface area contributed by atoms with Crippen LogP contribution in [0.5, 0.6) is 0 Å². The molecule has 0 radical (unpaired) electrons. The van der Waals surface area contributed by atoms with E-state index >= 15 is 0 Å². The Morgan fingerprint density at radius 3 is 2.47 bits per heavy atom. The molecule has 1 saturated heterocycles. The Morgan fingerprint density at radius 2 is 1.84 bits per heavy atom. The molecule has 1 heterocycles. The highest BCUT2D eigenvalue weighted by molar-refractivity contribution is 8.26. The maximum absolute atomic E-state index is 12.9. The van der Waals surface area contributed by atoms with Crippen molar-refractivity contribution < 1.29 is 26.4 Å². The fourth-order valence-electron chi connectivity index (χ4n) is 3.05. The molecule has 32 heavy (non-hydrogen) atoms. The normalized spacial score (nSPS) is 18.6. The molecule has 2 aromatic carbocycles. The molecule has 1 amide bonds. The van der Waals surface area contributed by atoms with Crippen molar-refractivity contribution >= 4 is 50.3 Å². The average Bonchev–Trinajstić information content (AvgIpc) is 3.50. The lowest BCUT2D eigenvalue weighted by atomic mass is 10.1. The van der Waals surface area contributed by atoms with E-state index in [0.717, 1.165) is 36.7 Å². The predicted molar refractivity (Wildman–Crippen MR) is 120 cm³/mol. The van der Waals surface area contributed by atoms with Gasteiger partial charge in [-0.1, -0.05) is 48.2 Å². The van der Waals surface area contributed by atoms with Crippen LogP contribution in [0.3, 0.4) is 0 Å². The minimum atomic E-state index is -4.47. The second kappa shape index (κ2) is 8.62. The van der Waals surface area contributed by atoms with Crippen molar-refractivity contribution in [1.29, 1.82) is 0 Å². The first-order valence-electron chi connectivity index (χ1n) is 9.57. The van der Waals surface area contributed by atoms with Crippen LogP contribution in [-0.2, 0) is 27.5 Å². The third-order valence-electron chi connectivity index (χ3n) is 4.86. The highest BCUT2D eigenvalue weighted by Crippen LogP contribution is 2.35. The van der Waals surface area contributed by atoms with E-state index in [9.17, 15) is 26.4 Å². The molecular formula is C21H17F3N2O3S3. The lowest BCUT2D eigenvalue weighted by Crippen LogP contribution is -2.27. The molecule has 1 saturated carbocycles. The summed E-state index contributed by atoms with van der Waals surface area (Å²) in [4.78, 5) is 14.5. The lowest BCUT2D eigenvalue weighted by molar-refractivity contribution is -0.137. The topological polar surface area (TPSA) is 66.5 Å². The molecule has 2 fully saturated rings. The maximum atomic E-state index is 12.9. The number of hydrogen-bond acceptors (Lipinski definition) is 5. The number of amides is 1. The minimum Gasteiger partial charge on any atom is -0.288 e. The third kappa shape index (κ3) is 5.22. The van der Waals surface area contributed by atoms with Gasteiger partial charge in [0.05, 0.1) is 21.9 Å². The van der Waals surface area contributed by atoms with Gasteiger partial charge in [0.2, 0.25) is 10.0 Å². The number of thioether (sulfide) groups is 1. The first-order chi connectivity index (χ1) is 15.0. The highest BCUT2D eigenvalue weighted by Gasteiger charge is 2.34. The van der Waals surface area contributed by atoms with Crippen LogP contribution in [-0.4, -0.2) is 29.6 Å². The molecule has 0 aromatic heterocycles. The zero-order valence-corrected chi connectivity index (χ0v) is 18.9. The van der Waals surface area contributed by atoms with E-state index in [2.05, 4.69) is 4.72 Å². The molecule has 0 atom stereocenters. The standard InChI is InChI=1S/C21H17F3N2O3S3/c22-21(23,24)15-3-1-2-14(10-15)12-26-19(27)18(31-20(26)30)11-13-4-8-17(9-5-13)32(28,29)25-16-6-7-16/h1-5,8-11,16,25H,6-7,12H2/b18-11-. The molecule has 11 heteroatoms. The van der Waals surface area contributed by atoms with E-state index in [0.29, 0.717) is 16.0 Å². The number of nitrogens with zero attached hydrogens (tertiary/aromatic N) is 1. The van der Waals surface area contributed by atoms with Gasteiger partial charge in [0.15, 0.2) is 0 Å². The number of hydrogen-bond donors (Lipinski definition) is 1. The summed E-state index contributed by atoms with van der Waals surface area (Å²) in [6.45, 7) is -0.0735. The number of rotatable bonds is 6. The summed E-state index contributed by atoms with van der Waals surface area (Å²) in [7, 11) is -3.57. The summed E-state index contributed by atoms with van der Waals surface area (Å²) in [5.74, 6) is -0.412. The van der Waals surface area contributed by atoms with Crippen molar-refractivity contribution in [2.24, 2.45) is 0 Å². The number of alkyl halides is 3. The first-order valence-corrected chi connectivity index (χ1v) is 12.3. The van der Waals surface area contributed by atoms with Gasteiger partial charge in [0.1, 0.15) is 4.32 Å². The zero-order chi connectivity index (χ0) is 23.1. The first kappa shape index (κ1) is 23.0. The molecular weight excluding hydrogens is 481 g/mol. The van der Waals surface area contributed by atoms with Crippen LogP contribution in [0.4, 0.5) is 13.2 Å². The van der Waals surface area contributed by atoms with Crippen LogP contribution in [0.25, 0.3) is 6.08 Å². The predicted octanol–water partition coefficient (Wildman–Crippen LogP) is 4.55. The Morgan fingerprint density at radius 1 is 1.16 bits per heavy atom. The summed E-state index contributed by atoms with van der Waals surface area (Å²) in [5, 5.41) is 0. The van der Waals surface area contributed by atoms with E-state index in [1.807, 2.05) is 0 Å². The Balaban J connectivity index is 1.49. The molecule has 2 aliphatic rings. The Bertz CT molecular complexity index is 1200. The van der Waals surface area contributed by atoms with Crippen molar-refractivity contribution in [2.45, 2.75) is 36.5 Å². The van der Waals surface area contributed by atoms with Crippen LogP contribution in [0.2, 0.25) is 0 Å². The van der Waals surface area contributed by atoms with Gasteiger partial charge < -0.3 is 0 Å². The second-order valence-electron chi connectivity index (χ2n) is 7.43. The van der Waals surface area contributed by atoms with Gasteiger partial charge in [-0.25, -0.2) is 13.1 Å².